The molecule has 2 aliphatic rings. The lowest BCUT2D eigenvalue weighted by Crippen LogP contribution is -2.50. The first kappa shape index (κ1) is 19.1. The van der Waals surface area contributed by atoms with E-state index in [9.17, 15) is 13.5 Å². The van der Waals surface area contributed by atoms with Crippen LogP contribution in [-0.4, -0.2) is 19.6 Å². The van der Waals surface area contributed by atoms with Gasteiger partial charge < -0.3 is 5.11 Å². The van der Waals surface area contributed by atoms with Gasteiger partial charge in [-0.05, 0) is 42.7 Å². The maximum Gasteiger partial charge on any atom is 0.265 e. The molecular weight excluding hydrogens is 394 g/mol. The van der Waals surface area contributed by atoms with Crippen molar-refractivity contribution in [2.75, 3.05) is 4.31 Å². The predicted molar refractivity (Wildman–Crippen MR) is 118 cm³/mol. The third-order valence-electron chi connectivity index (χ3n) is 6.24. The van der Waals surface area contributed by atoms with Gasteiger partial charge in [0.05, 0.1) is 16.7 Å². The minimum atomic E-state index is -3.86. The Morgan fingerprint density at radius 2 is 1.60 bits per heavy atom. The number of anilines is 1. The Labute approximate surface area is 177 Å². The summed E-state index contributed by atoms with van der Waals surface area (Å²) < 4.78 is 29.7. The van der Waals surface area contributed by atoms with E-state index in [0.29, 0.717) is 12.1 Å². The highest BCUT2D eigenvalue weighted by Crippen LogP contribution is 2.59. The second-order valence-corrected chi connectivity index (χ2v) is 9.83. The van der Waals surface area contributed by atoms with E-state index in [-0.39, 0.29) is 10.8 Å². The van der Waals surface area contributed by atoms with E-state index < -0.39 is 21.7 Å². The Hall–Kier alpha value is -2.89. The van der Waals surface area contributed by atoms with Crippen LogP contribution in [0.2, 0.25) is 0 Å². The van der Waals surface area contributed by atoms with Crippen LogP contribution >= 0.6 is 0 Å². The molecule has 0 fully saturated rings. The zero-order chi connectivity index (χ0) is 20.9. The van der Waals surface area contributed by atoms with Crippen molar-refractivity contribution in [3.05, 3.63) is 108 Å². The molecule has 30 heavy (non-hydrogen) atoms. The third kappa shape index (κ3) is 2.66. The van der Waals surface area contributed by atoms with E-state index in [1.54, 1.807) is 22.5 Å². The Balaban J connectivity index is 1.83. The van der Waals surface area contributed by atoms with Gasteiger partial charge in [0.25, 0.3) is 10.0 Å². The van der Waals surface area contributed by atoms with E-state index >= 15 is 0 Å². The molecule has 1 aliphatic carbocycles. The molecule has 4 nitrogen and oxygen atoms in total. The standard InChI is InChI=1S/C25H23NO3S/c1-18-11-13-21(14-12-18)30(28,29)26-24-10-6-5-9-22(24)23-17-20(27)15-16-25(23,26)19-7-3-2-4-8-19/h2-16,20,23,27H,17H2,1H3/t20-,23+,25-/m1/s1. The second kappa shape index (κ2) is 6.83. The first-order valence-corrected chi connectivity index (χ1v) is 11.5. The minimum absolute atomic E-state index is 0.184. The monoisotopic (exact) mass is 417 g/mol. The normalized spacial score (nSPS) is 25.1. The summed E-state index contributed by atoms with van der Waals surface area (Å²) >= 11 is 0. The number of benzene rings is 3. The summed E-state index contributed by atoms with van der Waals surface area (Å²) in [5.74, 6) is -0.184. The van der Waals surface area contributed by atoms with Gasteiger partial charge in [0.2, 0.25) is 0 Å². The van der Waals surface area contributed by atoms with Crippen LogP contribution in [0, 0.1) is 6.92 Å². The average molecular weight is 418 g/mol. The van der Waals surface area contributed by atoms with Crippen LogP contribution in [0.25, 0.3) is 0 Å². The van der Waals surface area contributed by atoms with E-state index in [4.69, 9.17) is 0 Å². The number of aliphatic hydroxyl groups excluding tert-OH is 1. The van der Waals surface area contributed by atoms with Gasteiger partial charge in [-0.25, -0.2) is 8.42 Å². The van der Waals surface area contributed by atoms with Crippen LogP contribution in [0.5, 0.6) is 0 Å². The number of aliphatic hydroxyl groups is 1. The molecule has 0 radical (unpaired) electrons. The highest BCUT2D eigenvalue weighted by atomic mass is 32.2. The topological polar surface area (TPSA) is 57.6 Å². The smallest absolute Gasteiger partial charge is 0.265 e. The fourth-order valence-electron chi connectivity index (χ4n) is 4.88. The highest BCUT2D eigenvalue weighted by molar-refractivity contribution is 7.93. The number of fused-ring (bicyclic) bond motifs is 3. The Morgan fingerprint density at radius 3 is 2.33 bits per heavy atom. The summed E-state index contributed by atoms with van der Waals surface area (Å²) in [6.07, 6.45) is 3.46. The number of hydrogen-bond donors (Lipinski definition) is 1. The molecule has 3 aromatic carbocycles. The molecule has 152 valence electrons. The van der Waals surface area contributed by atoms with Gasteiger partial charge in [0.15, 0.2) is 0 Å². The van der Waals surface area contributed by atoms with Crippen LogP contribution in [0.15, 0.2) is 95.9 Å². The molecule has 3 atom stereocenters. The molecule has 3 aromatic rings. The van der Waals surface area contributed by atoms with E-state index in [0.717, 1.165) is 16.7 Å². The molecule has 1 aliphatic heterocycles. The molecule has 0 aromatic heterocycles. The average Bonchev–Trinajstić information content (AvgIpc) is 3.06. The molecule has 0 unspecified atom stereocenters. The largest absolute Gasteiger partial charge is 0.389 e. The number of para-hydroxylation sites is 1. The zero-order valence-corrected chi connectivity index (χ0v) is 17.5. The van der Waals surface area contributed by atoms with Gasteiger partial charge in [-0.1, -0.05) is 78.4 Å². The van der Waals surface area contributed by atoms with E-state index in [2.05, 4.69) is 0 Å². The van der Waals surface area contributed by atoms with Crippen LogP contribution in [0.1, 0.15) is 29.0 Å². The SMILES string of the molecule is Cc1ccc(S(=O)(=O)N2c3ccccc3[C@@H]3C[C@H](O)C=C[C@@]32c2ccccc2)cc1. The quantitative estimate of drug-likeness (QED) is 0.638. The summed E-state index contributed by atoms with van der Waals surface area (Å²) in [4.78, 5) is 0.262. The molecule has 0 amide bonds. The van der Waals surface area contributed by atoms with Crippen LogP contribution < -0.4 is 4.31 Å². The van der Waals surface area contributed by atoms with Gasteiger partial charge in [-0.2, -0.15) is 0 Å². The van der Waals surface area contributed by atoms with Crippen molar-refractivity contribution >= 4 is 15.7 Å². The van der Waals surface area contributed by atoms with Gasteiger partial charge in [0, 0.05) is 5.92 Å². The van der Waals surface area contributed by atoms with Gasteiger partial charge in [-0.3, -0.25) is 4.31 Å². The first-order valence-electron chi connectivity index (χ1n) is 10.1. The zero-order valence-electron chi connectivity index (χ0n) is 16.6. The Kier molecular flexibility index (Phi) is 4.34. The summed E-state index contributed by atoms with van der Waals surface area (Å²) in [6.45, 7) is 1.94. The van der Waals surface area contributed by atoms with Crippen molar-refractivity contribution in [3.63, 3.8) is 0 Å². The number of rotatable bonds is 3. The molecule has 0 saturated carbocycles. The van der Waals surface area contributed by atoms with Crippen molar-refractivity contribution in [3.8, 4) is 0 Å². The van der Waals surface area contributed by atoms with Crippen molar-refractivity contribution in [2.45, 2.75) is 35.8 Å². The van der Waals surface area contributed by atoms with Gasteiger partial charge >= 0.3 is 0 Å². The molecule has 0 bridgehead atoms. The van der Waals surface area contributed by atoms with Crippen LogP contribution in [0.4, 0.5) is 5.69 Å². The number of nitrogens with zero attached hydrogens (tertiary/aromatic N) is 1. The fraction of sp³-hybridized carbons (Fsp3) is 0.200. The van der Waals surface area contributed by atoms with Gasteiger partial charge in [-0.15, -0.1) is 0 Å². The summed E-state index contributed by atoms with van der Waals surface area (Å²) in [5.41, 5.74) is 2.59. The maximum absolute atomic E-state index is 14.1. The summed E-state index contributed by atoms with van der Waals surface area (Å²) in [7, 11) is -3.86. The fourth-order valence-corrected chi connectivity index (χ4v) is 6.68. The molecule has 1 heterocycles. The Morgan fingerprint density at radius 1 is 0.933 bits per heavy atom. The van der Waals surface area contributed by atoms with Crippen molar-refractivity contribution < 1.29 is 13.5 Å². The lowest BCUT2D eigenvalue weighted by Gasteiger charge is -2.44. The third-order valence-corrected chi connectivity index (χ3v) is 8.09. The minimum Gasteiger partial charge on any atom is -0.389 e. The molecule has 0 saturated heterocycles. The van der Waals surface area contributed by atoms with Gasteiger partial charge in [0.1, 0.15) is 5.54 Å². The van der Waals surface area contributed by atoms with E-state index in [1.165, 1.54) is 0 Å². The molecular formula is C25H23NO3S. The van der Waals surface area contributed by atoms with Crippen molar-refractivity contribution in [1.29, 1.82) is 0 Å². The predicted octanol–water partition coefficient (Wildman–Crippen LogP) is 4.50. The van der Waals surface area contributed by atoms with Crippen LogP contribution in [0.3, 0.4) is 0 Å². The summed E-state index contributed by atoms with van der Waals surface area (Å²) in [5, 5.41) is 10.4. The lowest BCUT2D eigenvalue weighted by atomic mass is 9.71. The lowest BCUT2D eigenvalue weighted by molar-refractivity contribution is 0.179. The maximum atomic E-state index is 14.1. The molecule has 0 spiro atoms. The molecule has 1 N–H and O–H groups in total. The Bertz CT molecular complexity index is 1220. The molecule has 5 heteroatoms. The van der Waals surface area contributed by atoms with Crippen molar-refractivity contribution in [2.24, 2.45) is 0 Å². The first-order chi connectivity index (χ1) is 14.4. The number of sulfonamides is 1. The van der Waals surface area contributed by atoms with E-state index in [1.807, 2.05) is 79.7 Å². The number of aryl methyl sites for hydroxylation is 1. The number of hydrogen-bond acceptors (Lipinski definition) is 3. The van der Waals surface area contributed by atoms with Crippen LogP contribution in [-0.2, 0) is 15.6 Å². The summed E-state index contributed by atoms with van der Waals surface area (Å²) in [6, 6.07) is 24.4. The second-order valence-electron chi connectivity index (χ2n) is 8.05. The molecule has 5 rings (SSSR count). The van der Waals surface area contributed by atoms with Crippen molar-refractivity contribution in [1.82, 2.24) is 0 Å². The highest BCUT2D eigenvalue weighted by Gasteiger charge is 2.57.